The Kier molecular flexibility index (Phi) is 3.57. The second-order valence-electron chi connectivity index (χ2n) is 3.45. The second-order valence-corrected chi connectivity index (χ2v) is 3.45. The van der Waals surface area contributed by atoms with Crippen molar-refractivity contribution >= 4 is 5.95 Å². The Balaban J connectivity index is 2.41. The van der Waals surface area contributed by atoms with Gasteiger partial charge >= 0.3 is 6.01 Å². The third-order valence-corrected chi connectivity index (χ3v) is 2.37. The first kappa shape index (κ1) is 12.1. The van der Waals surface area contributed by atoms with Crippen molar-refractivity contribution < 1.29 is 9.47 Å². The summed E-state index contributed by atoms with van der Waals surface area (Å²) in [6, 6.07) is 7.75. The van der Waals surface area contributed by atoms with E-state index < -0.39 is 0 Å². The highest BCUT2D eigenvalue weighted by molar-refractivity contribution is 5.57. The van der Waals surface area contributed by atoms with E-state index in [1.165, 1.54) is 7.11 Å². The maximum Gasteiger partial charge on any atom is 0.321 e. The third-order valence-electron chi connectivity index (χ3n) is 2.37. The maximum absolute atomic E-state index is 5.10. The van der Waals surface area contributed by atoms with Gasteiger partial charge in [-0.2, -0.15) is 15.0 Å². The zero-order chi connectivity index (χ0) is 13.0. The molecule has 94 valence electrons. The summed E-state index contributed by atoms with van der Waals surface area (Å²) < 4.78 is 10.1. The summed E-state index contributed by atoms with van der Waals surface area (Å²) in [6.07, 6.45) is 0. The molecule has 0 aliphatic rings. The van der Waals surface area contributed by atoms with Crippen molar-refractivity contribution in [2.24, 2.45) is 0 Å². The van der Waals surface area contributed by atoms with Crippen LogP contribution in [0, 0.1) is 0 Å². The smallest absolute Gasteiger partial charge is 0.321 e. The molecule has 1 N–H and O–H groups in total. The Hall–Kier alpha value is -2.37. The van der Waals surface area contributed by atoms with E-state index in [-0.39, 0.29) is 6.01 Å². The highest BCUT2D eigenvalue weighted by Gasteiger charge is 2.07. The van der Waals surface area contributed by atoms with Crippen LogP contribution in [0.2, 0.25) is 0 Å². The van der Waals surface area contributed by atoms with E-state index in [1.54, 1.807) is 14.2 Å². The number of rotatable bonds is 4. The van der Waals surface area contributed by atoms with Crippen molar-refractivity contribution in [2.75, 3.05) is 26.6 Å². The van der Waals surface area contributed by atoms with Crippen molar-refractivity contribution in [3.05, 3.63) is 24.3 Å². The lowest BCUT2D eigenvalue weighted by Crippen LogP contribution is -2.03. The highest BCUT2D eigenvalue weighted by atomic mass is 16.5. The molecule has 2 rings (SSSR count). The second kappa shape index (κ2) is 5.31. The lowest BCUT2D eigenvalue weighted by atomic mass is 10.2. The molecule has 0 atom stereocenters. The molecule has 0 saturated heterocycles. The first-order valence-electron chi connectivity index (χ1n) is 5.39. The maximum atomic E-state index is 5.10. The first-order chi connectivity index (χ1) is 8.76. The summed E-state index contributed by atoms with van der Waals surface area (Å²) in [5, 5.41) is 2.87. The monoisotopic (exact) mass is 246 g/mol. The standard InChI is InChI=1S/C12H14N4O2/c1-13-11-14-10(15-12(16-11)18-3)8-4-6-9(17-2)7-5-8/h4-7H,1-3H3,(H,13,14,15,16). The molecule has 0 saturated carbocycles. The topological polar surface area (TPSA) is 69.2 Å². The average molecular weight is 246 g/mol. The van der Waals surface area contributed by atoms with Crippen LogP contribution in [-0.2, 0) is 0 Å². The van der Waals surface area contributed by atoms with Crippen LogP contribution in [0.1, 0.15) is 0 Å². The Morgan fingerprint density at radius 1 is 0.944 bits per heavy atom. The van der Waals surface area contributed by atoms with E-state index >= 15 is 0 Å². The molecule has 0 bridgehead atoms. The van der Waals surface area contributed by atoms with Gasteiger partial charge in [0.2, 0.25) is 5.95 Å². The number of benzene rings is 1. The first-order valence-corrected chi connectivity index (χ1v) is 5.39. The van der Waals surface area contributed by atoms with Crippen molar-refractivity contribution in [3.8, 4) is 23.1 Å². The van der Waals surface area contributed by atoms with Crippen LogP contribution < -0.4 is 14.8 Å². The number of nitrogens with zero attached hydrogens (tertiary/aromatic N) is 3. The number of ether oxygens (including phenoxy) is 2. The molecule has 1 aromatic carbocycles. The summed E-state index contributed by atoms with van der Waals surface area (Å²) in [5.41, 5.74) is 0.869. The molecular weight excluding hydrogens is 232 g/mol. The van der Waals surface area contributed by atoms with Crippen LogP contribution >= 0.6 is 0 Å². The molecule has 0 aliphatic carbocycles. The van der Waals surface area contributed by atoms with Crippen molar-refractivity contribution in [3.63, 3.8) is 0 Å². The number of hydrogen-bond acceptors (Lipinski definition) is 6. The van der Waals surface area contributed by atoms with Crippen LogP contribution in [0.25, 0.3) is 11.4 Å². The molecule has 2 aromatic rings. The SMILES string of the molecule is CNc1nc(OC)nc(-c2ccc(OC)cc2)n1. The Labute approximate surface area is 105 Å². The van der Waals surface area contributed by atoms with E-state index in [2.05, 4.69) is 20.3 Å². The molecular formula is C12H14N4O2. The van der Waals surface area contributed by atoms with Gasteiger partial charge in [-0.05, 0) is 24.3 Å². The molecule has 6 heteroatoms. The molecule has 1 aromatic heterocycles. The Morgan fingerprint density at radius 3 is 2.22 bits per heavy atom. The third kappa shape index (κ3) is 2.48. The fourth-order valence-corrected chi connectivity index (χ4v) is 1.43. The van der Waals surface area contributed by atoms with Gasteiger partial charge in [0.1, 0.15) is 5.75 Å². The number of methoxy groups -OCH3 is 2. The van der Waals surface area contributed by atoms with Crippen LogP contribution in [0.15, 0.2) is 24.3 Å². The van der Waals surface area contributed by atoms with Crippen molar-refractivity contribution in [1.29, 1.82) is 0 Å². The van der Waals surface area contributed by atoms with E-state index in [4.69, 9.17) is 9.47 Å². The summed E-state index contributed by atoms with van der Waals surface area (Å²) in [6.45, 7) is 0. The fourth-order valence-electron chi connectivity index (χ4n) is 1.43. The van der Waals surface area contributed by atoms with Gasteiger partial charge in [0.25, 0.3) is 0 Å². The Morgan fingerprint density at radius 2 is 1.67 bits per heavy atom. The fraction of sp³-hybridized carbons (Fsp3) is 0.250. The minimum atomic E-state index is 0.278. The van der Waals surface area contributed by atoms with Gasteiger partial charge in [0, 0.05) is 12.6 Å². The molecule has 0 aliphatic heterocycles. The number of aromatic nitrogens is 3. The molecule has 0 radical (unpaired) electrons. The van der Waals surface area contributed by atoms with Crippen molar-refractivity contribution in [1.82, 2.24) is 15.0 Å². The van der Waals surface area contributed by atoms with Gasteiger partial charge in [-0.25, -0.2) is 0 Å². The van der Waals surface area contributed by atoms with E-state index in [1.807, 2.05) is 24.3 Å². The van der Waals surface area contributed by atoms with Crippen LogP contribution in [0.4, 0.5) is 5.95 Å². The average Bonchev–Trinajstić information content (AvgIpc) is 2.46. The Bertz CT molecular complexity index is 506. The molecule has 18 heavy (non-hydrogen) atoms. The predicted molar refractivity (Wildman–Crippen MR) is 67.9 cm³/mol. The van der Waals surface area contributed by atoms with Gasteiger partial charge in [-0.1, -0.05) is 0 Å². The van der Waals surface area contributed by atoms with E-state index in [9.17, 15) is 0 Å². The van der Waals surface area contributed by atoms with Crippen LogP contribution in [0.3, 0.4) is 0 Å². The van der Waals surface area contributed by atoms with Gasteiger partial charge < -0.3 is 14.8 Å². The van der Waals surface area contributed by atoms with Gasteiger partial charge in [-0.3, -0.25) is 0 Å². The zero-order valence-electron chi connectivity index (χ0n) is 10.5. The normalized spacial score (nSPS) is 9.94. The highest BCUT2D eigenvalue weighted by Crippen LogP contribution is 2.21. The predicted octanol–water partition coefficient (Wildman–Crippen LogP) is 1.60. The van der Waals surface area contributed by atoms with Gasteiger partial charge in [0.15, 0.2) is 5.82 Å². The minimum absolute atomic E-state index is 0.278. The molecule has 0 fully saturated rings. The molecule has 0 unspecified atom stereocenters. The number of hydrogen-bond donors (Lipinski definition) is 1. The summed E-state index contributed by atoms with van der Waals surface area (Å²) in [5.74, 6) is 1.80. The van der Waals surface area contributed by atoms with Gasteiger partial charge in [0.05, 0.1) is 14.2 Å². The lowest BCUT2D eigenvalue weighted by Gasteiger charge is -2.06. The largest absolute Gasteiger partial charge is 0.497 e. The summed E-state index contributed by atoms with van der Waals surface area (Å²) in [7, 11) is 4.89. The molecule has 0 amide bonds. The quantitative estimate of drug-likeness (QED) is 0.883. The van der Waals surface area contributed by atoms with Crippen molar-refractivity contribution in [2.45, 2.75) is 0 Å². The lowest BCUT2D eigenvalue weighted by molar-refractivity contribution is 0.379. The summed E-state index contributed by atoms with van der Waals surface area (Å²) in [4.78, 5) is 12.5. The molecule has 1 heterocycles. The minimum Gasteiger partial charge on any atom is -0.497 e. The van der Waals surface area contributed by atoms with Crippen LogP contribution in [-0.4, -0.2) is 36.2 Å². The van der Waals surface area contributed by atoms with E-state index in [0.717, 1.165) is 11.3 Å². The van der Waals surface area contributed by atoms with Gasteiger partial charge in [-0.15, -0.1) is 0 Å². The van der Waals surface area contributed by atoms with Crippen LogP contribution in [0.5, 0.6) is 11.8 Å². The van der Waals surface area contributed by atoms with E-state index in [0.29, 0.717) is 11.8 Å². The summed E-state index contributed by atoms with van der Waals surface area (Å²) >= 11 is 0. The molecule has 0 spiro atoms. The molecule has 6 nitrogen and oxygen atoms in total. The number of nitrogens with one attached hydrogen (secondary N) is 1. The number of anilines is 1. The zero-order valence-corrected chi connectivity index (χ0v) is 10.5.